The van der Waals surface area contributed by atoms with Crippen LogP contribution in [0.2, 0.25) is 0 Å². The summed E-state index contributed by atoms with van der Waals surface area (Å²) in [4.78, 5) is 25.8. The molecule has 0 aromatic heterocycles. The third-order valence-corrected chi connectivity index (χ3v) is 3.61. The molecule has 0 bridgehead atoms. The van der Waals surface area contributed by atoms with Crippen LogP contribution in [0.15, 0.2) is 53.6 Å². The first-order valence-electron chi connectivity index (χ1n) is 7.90. The summed E-state index contributed by atoms with van der Waals surface area (Å²) < 4.78 is 0. The maximum Gasteiger partial charge on any atom is 0.259 e. The monoisotopic (exact) mass is 338 g/mol. The summed E-state index contributed by atoms with van der Waals surface area (Å²) in [5.74, 6) is -0.667. The number of hydrogen-bond donors (Lipinski definition) is 2. The summed E-state index contributed by atoms with van der Waals surface area (Å²) in [5, 5.41) is 6.47. The Morgan fingerprint density at radius 1 is 1.08 bits per heavy atom. The molecule has 0 aliphatic carbocycles. The fourth-order valence-electron chi connectivity index (χ4n) is 2.16. The van der Waals surface area contributed by atoms with Gasteiger partial charge in [0.15, 0.2) is 0 Å². The van der Waals surface area contributed by atoms with Crippen LogP contribution < -0.4 is 15.6 Å². The molecule has 0 aliphatic heterocycles. The molecule has 2 aromatic carbocycles. The molecule has 2 rings (SSSR count). The van der Waals surface area contributed by atoms with Gasteiger partial charge in [-0.2, -0.15) is 5.10 Å². The van der Waals surface area contributed by atoms with E-state index in [1.54, 1.807) is 18.3 Å². The van der Waals surface area contributed by atoms with Gasteiger partial charge in [-0.15, -0.1) is 0 Å². The maximum atomic E-state index is 12.0. The van der Waals surface area contributed by atoms with E-state index in [2.05, 4.69) is 15.8 Å². The van der Waals surface area contributed by atoms with Crippen molar-refractivity contribution in [2.45, 2.75) is 6.92 Å². The maximum absolute atomic E-state index is 12.0. The van der Waals surface area contributed by atoms with Gasteiger partial charge in [0.25, 0.3) is 11.8 Å². The molecule has 0 fully saturated rings. The molecule has 2 amide bonds. The minimum atomic E-state index is -0.386. The third-order valence-electron chi connectivity index (χ3n) is 3.61. The molecule has 0 heterocycles. The number of hydrazone groups is 1. The topological polar surface area (TPSA) is 73.8 Å². The number of anilines is 1. The minimum absolute atomic E-state index is 0.135. The van der Waals surface area contributed by atoms with E-state index in [0.717, 1.165) is 16.8 Å². The van der Waals surface area contributed by atoms with Crippen molar-refractivity contribution in [3.05, 3.63) is 65.2 Å². The lowest BCUT2D eigenvalue weighted by atomic mass is 10.1. The number of nitrogens with one attached hydrogen (secondary N) is 2. The molecular formula is C19H22N4O2. The molecule has 0 aliphatic rings. The molecule has 0 unspecified atom stereocenters. The lowest BCUT2D eigenvalue weighted by Crippen LogP contribution is -2.35. The fraction of sp³-hybridized carbons (Fsp3) is 0.211. The molecule has 0 saturated carbocycles. The number of aryl methyl sites for hydroxylation is 1. The Balaban J connectivity index is 1.80. The van der Waals surface area contributed by atoms with E-state index in [4.69, 9.17) is 0 Å². The van der Waals surface area contributed by atoms with Gasteiger partial charge in [0, 0.05) is 25.3 Å². The Morgan fingerprint density at radius 3 is 2.40 bits per heavy atom. The predicted octanol–water partition coefficient (Wildman–Crippen LogP) is 1.94. The summed E-state index contributed by atoms with van der Waals surface area (Å²) in [6, 6.07) is 15.0. The van der Waals surface area contributed by atoms with Gasteiger partial charge in [0.05, 0.1) is 12.8 Å². The van der Waals surface area contributed by atoms with Crippen molar-refractivity contribution in [2.24, 2.45) is 5.10 Å². The summed E-state index contributed by atoms with van der Waals surface area (Å²) in [5.41, 5.74) is 5.77. The van der Waals surface area contributed by atoms with Crippen LogP contribution in [0, 0.1) is 6.92 Å². The fourth-order valence-corrected chi connectivity index (χ4v) is 2.16. The number of carbonyl (C=O) groups excluding carboxylic acids is 2. The molecular weight excluding hydrogens is 316 g/mol. The van der Waals surface area contributed by atoms with Crippen LogP contribution in [0.25, 0.3) is 0 Å². The van der Waals surface area contributed by atoms with E-state index >= 15 is 0 Å². The summed E-state index contributed by atoms with van der Waals surface area (Å²) >= 11 is 0. The summed E-state index contributed by atoms with van der Waals surface area (Å²) in [7, 11) is 3.93. The van der Waals surface area contributed by atoms with Gasteiger partial charge >= 0.3 is 0 Å². The van der Waals surface area contributed by atoms with E-state index in [1.807, 2.05) is 62.3 Å². The Labute approximate surface area is 147 Å². The highest BCUT2D eigenvalue weighted by Gasteiger charge is 2.09. The average molecular weight is 338 g/mol. The largest absolute Gasteiger partial charge is 0.378 e. The first-order valence-corrected chi connectivity index (χ1v) is 7.90. The second-order valence-corrected chi connectivity index (χ2v) is 5.78. The molecule has 130 valence electrons. The lowest BCUT2D eigenvalue weighted by molar-refractivity contribution is -0.120. The lowest BCUT2D eigenvalue weighted by Gasteiger charge is -2.11. The van der Waals surface area contributed by atoms with E-state index in [1.165, 1.54) is 0 Å². The first kappa shape index (κ1) is 18.2. The molecule has 0 saturated heterocycles. The normalized spacial score (nSPS) is 10.5. The van der Waals surface area contributed by atoms with Crippen LogP contribution in [-0.2, 0) is 4.79 Å². The van der Waals surface area contributed by atoms with Crippen molar-refractivity contribution in [3.8, 4) is 0 Å². The zero-order valence-corrected chi connectivity index (χ0v) is 14.6. The number of rotatable bonds is 6. The molecule has 0 atom stereocenters. The van der Waals surface area contributed by atoms with Crippen molar-refractivity contribution >= 4 is 23.7 Å². The van der Waals surface area contributed by atoms with Crippen LogP contribution in [0.1, 0.15) is 21.5 Å². The third kappa shape index (κ3) is 5.46. The highest BCUT2D eigenvalue weighted by Crippen LogP contribution is 2.10. The zero-order valence-electron chi connectivity index (χ0n) is 14.6. The Kier molecular flexibility index (Phi) is 6.28. The zero-order chi connectivity index (χ0) is 18.2. The first-order chi connectivity index (χ1) is 12.0. The van der Waals surface area contributed by atoms with E-state index in [0.29, 0.717) is 5.56 Å². The average Bonchev–Trinajstić information content (AvgIpc) is 2.60. The van der Waals surface area contributed by atoms with E-state index < -0.39 is 0 Å². The molecule has 0 radical (unpaired) electrons. The van der Waals surface area contributed by atoms with Crippen LogP contribution in [0.4, 0.5) is 5.69 Å². The Bertz CT molecular complexity index is 767. The number of nitrogens with zero attached hydrogens (tertiary/aromatic N) is 2. The molecule has 2 aromatic rings. The van der Waals surface area contributed by atoms with Crippen LogP contribution in [-0.4, -0.2) is 38.7 Å². The molecule has 6 nitrogen and oxygen atoms in total. The van der Waals surface area contributed by atoms with Gasteiger partial charge in [0.2, 0.25) is 0 Å². The van der Waals surface area contributed by atoms with Gasteiger partial charge in [0.1, 0.15) is 0 Å². The molecule has 6 heteroatoms. The molecule has 25 heavy (non-hydrogen) atoms. The van der Waals surface area contributed by atoms with E-state index in [-0.39, 0.29) is 18.4 Å². The quantitative estimate of drug-likeness (QED) is 0.624. The SMILES string of the molecule is Cc1ccccc1C(=O)NCC(=O)N/N=C\c1ccc(N(C)C)cc1. The van der Waals surface area contributed by atoms with Crippen molar-refractivity contribution in [2.75, 3.05) is 25.5 Å². The van der Waals surface area contributed by atoms with Crippen LogP contribution in [0.3, 0.4) is 0 Å². The van der Waals surface area contributed by atoms with Gasteiger partial charge in [-0.25, -0.2) is 5.43 Å². The Morgan fingerprint density at radius 2 is 1.76 bits per heavy atom. The second kappa shape index (κ2) is 8.63. The summed E-state index contributed by atoms with van der Waals surface area (Å²) in [6.07, 6.45) is 1.56. The number of benzene rings is 2. The predicted molar refractivity (Wildman–Crippen MR) is 100 cm³/mol. The standard InChI is InChI=1S/C19H22N4O2/c1-14-6-4-5-7-17(14)19(25)20-13-18(24)22-21-12-15-8-10-16(11-9-15)23(2)3/h4-12H,13H2,1-3H3,(H,20,25)(H,22,24)/b21-12-. The molecule has 0 spiro atoms. The van der Waals surface area contributed by atoms with E-state index in [9.17, 15) is 9.59 Å². The smallest absolute Gasteiger partial charge is 0.259 e. The Hall–Kier alpha value is -3.15. The van der Waals surface area contributed by atoms with Gasteiger partial charge in [-0.05, 0) is 36.2 Å². The van der Waals surface area contributed by atoms with Crippen molar-refractivity contribution in [3.63, 3.8) is 0 Å². The molecule has 2 N–H and O–H groups in total. The number of carbonyl (C=O) groups is 2. The van der Waals surface area contributed by atoms with Gasteiger partial charge < -0.3 is 10.2 Å². The number of hydrogen-bond acceptors (Lipinski definition) is 4. The van der Waals surface area contributed by atoms with Gasteiger partial charge in [-0.3, -0.25) is 9.59 Å². The summed E-state index contributed by atoms with van der Waals surface area (Å²) in [6.45, 7) is 1.71. The van der Waals surface area contributed by atoms with Gasteiger partial charge in [-0.1, -0.05) is 30.3 Å². The van der Waals surface area contributed by atoms with Crippen LogP contribution in [0.5, 0.6) is 0 Å². The highest BCUT2D eigenvalue weighted by molar-refractivity contribution is 5.97. The van der Waals surface area contributed by atoms with Crippen molar-refractivity contribution in [1.82, 2.24) is 10.7 Å². The minimum Gasteiger partial charge on any atom is -0.378 e. The highest BCUT2D eigenvalue weighted by atomic mass is 16.2. The number of amides is 2. The van der Waals surface area contributed by atoms with Crippen molar-refractivity contribution < 1.29 is 9.59 Å². The second-order valence-electron chi connectivity index (χ2n) is 5.78. The van der Waals surface area contributed by atoms with Crippen molar-refractivity contribution in [1.29, 1.82) is 0 Å². The van der Waals surface area contributed by atoms with Crippen LogP contribution >= 0.6 is 0 Å².